The minimum atomic E-state index is 0.793. The van der Waals surface area contributed by atoms with E-state index >= 15 is 0 Å². The van der Waals surface area contributed by atoms with Crippen molar-refractivity contribution < 1.29 is 4.74 Å². The predicted octanol–water partition coefficient (Wildman–Crippen LogP) is 2.41. The van der Waals surface area contributed by atoms with E-state index in [0.29, 0.717) is 0 Å². The molecule has 5 heteroatoms. The zero-order valence-electron chi connectivity index (χ0n) is 10.8. The molecule has 0 amide bonds. The third-order valence-corrected chi connectivity index (χ3v) is 3.69. The Kier molecular flexibility index (Phi) is 3.57. The normalized spacial score (nSPS) is 13.4. The van der Waals surface area contributed by atoms with E-state index in [-0.39, 0.29) is 0 Å². The van der Waals surface area contributed by atoms with Crippen LogP contribution in [0.1, 0.15) is 16.7 Å². The van der Waals surface area contributed by atoms with Crippen molar-refractivity contribution in [2.75, 3.05) is 6.61 Å². The van der Waals surface area contributed by atoms with Crippen molar-refractivity contribution >= 4 is 15.9 Å². The van der Waals surface area contributed by atoms with Crippen LogP contribution in [0.4, 0.5) is 0 Å². The largest absolute Gasteiger partial charge is 0.493 e. The lowest BCUT2D eigenvalue weighted by atomic mass is 10.1. The Labute approximate surface area is 120 Å². The molecule has 1 aromatic carbocycles. The van der Waals surface area contributed by atoms with Gasteiger partial charge in [-0.15, -0.1) is 0 Å². The molecule has 0 spiro atoms. The molecule has 1 aromatic heterocycles. The Morgan fingerprint density at radius 1 is 1.42 bits per heavy atom. The summed E-state index contributed by atoms with van der Waals surface area (Å²) in [6, 6.07) is 4.27. The molecule has 2 aromatic rings. The van der Waals surface area contributed by atoms with Crippen LogP contribution in [-0.2, 0) is 26.6 Å². The molecule has 3 rings (SSSR count). The maximum Gasteiger partial charge on any atom is 0.127 e. The number of nitrogens with one attached hydrogen (secondary N) is 1. The summed E-state index contributed by atoms with van der Waals surface area (Å²) in [4.78, 5) is 0. The van der Waals surface area contributed by atoms with Crippen LogP contribution in [0.3, 0.4) is 0 Å². The molecule has 0 atom stereocenters. The van der Waals surface area contributed by atoms with Gasteiger partial charge in [0.05, 0.1) is 12.8 Å². The van der Waals surface area contributed by atoms with Crippen molar-refractivity contribution in [1.29, 1.82) is 0 Å². The molecule has 1 aliphatic rings. The highest BCUT2D eigenvalue weighted by molar-refractivity contribution is 9.10. The first kappa shape index (κ1) is 12.7. The predicted molar refractivity (Wildman–Crippen MR) is 77.1 cm³/mol. The van der Waals surface area contributed by atoms with Gasteiger partial charge in [-0.2, -0.15) is 5.10 Å². The number of rotatable bonds is 4. The van der Waals surface area contributed by atoms with Crippen LogP contribution in [0.2, 0.25) is 0 Å². The molecule has 0 saturated carbocycles. The minimum Gasteiger partial charge on any atom is -0.493 e. The molecule has 0 saturated heterocycles. The number of ether oxygens (including phenoxy) is 1. The second-order valence-electron chi connectivity index (χ2n) is 4.78. The summed E-state index contributed by atoms with van der Waals surface area (Å²) in [6.07, 6.45) is 4.91. The summed E-state index contributed by atoms with van der Waals surface area (Å²) in [5.41, 5.74) is 3.70. The molecule has 1 N–H and O–H groups in total. The second kappa shape index (κ2) is 5.35. The smallest absolute Gasteiger partial charge is 0.127 e. The van der Waals surface area contributed by atoms with Gasteiger partial charge in [0.2, 0.25) is 0 Å². The van der Waals surface area contributed by atoms with Crippen LogP contribution < -0.4 is 10.1 Å². The Morgan fingerprint density at radius 2 is 2.32 bits per heavy atom. The van der Waals surface area contributed by atoms with E-state index in [1.807, 2.05) is 24.1 Å². The zero-order valence-corrected chi connectivity index (χ0v) is 12.4. The minimum absolute atomic E-state index is 0.793. The molecule has 0 fully saturated rings. The van der Waals surface area contributed by atoms with Crippen LogP contribution >= 0.6 is 15.9 Å². The Balaban J connectivity index is 1.67. The lowest BCUT2D eigenvalue weighted by molar-refractivity contribution is 0.352. The maximum absolute atomic E-state index is 5.71. The van der Waals surface area contributed by atoms with Crippen molar-refractivity contribution in [1.82, 2.24) is 15.1 Å². The molecule has 2 heterocycles. The van der Waals surface area contributed by atoms with Crippen LogP contribution in [-0.4, -0.2) is 16.4 Å². The molecule has 0 aliphatic carbocycles. The van der Waals surface area contributed by atoms with Crippen LogP contribution in [0, 0.1) is 0 Å². The van der Waals surface area contributed by atoms with Gasteiger partial charge in [0.25, 0.3) is 0 Å². The molecular weight excluding hydrogens is 306 g/mol. The van der Waals surface area contributed by atoms with Gasteiger partial charge in [-0.1, -0.05) is 15.9 Å². The van der Waals surface area contributed by atoms with E-state index in [4.69, 9.17) is 4.74 Å². The average Bonchev–Trinajstić information content (AvgIpc) is 2.98. The van der Waals surface area contributed by atoms with Crippen LogP contribution in [0.5, 0.6) is 5.75 Å². The maximum atomic E-state index is 5.71. The van der Waals surface area contributed by atoms with Gasteiger partial charge in [-0.25, -0.2) is 0 Å². The topological polar surface area (TPSA) is 39.1 Å². The van der Waals surface area contributed by atoms with E-state index in [1.165, 1.54) is 16.7 Å². The first-order valence-electron chi connectivity index (χ1n) is 6.35. The van der Waals surface area contributed by atoms with E-state index in [0.717, 1.165) is 36.3 Å². The Bertz CT molecular complexity index is 594. The standard InChI is InChI=1S/C14H16BrN3O/c1-18-9-10(7-17-18)6-16-8-12-5-13(15)4-11-2-3-19-14(11)12/h4-5,7,9,16H,2-3,6,8H2,1H3. The Hall–Kier alpha value is -1.33. The van der Waals surface area contributed by atoms with E-state index in [1.54, 1.807) is 0 Å². The molecule has 100 valence electrons. The van der Waals surface area contributed by atoms with Crippen molar-refractivity contribution in [3.05, 3.63) is 45.7 Å². The van der Waals surface area contributed by atoms with Gasteiger partial charge in [0.1, 0.15) is 5.75 Å². The number of hydrogen-bond donors (Lipinski definition) is 1. The molecule has 0 unspecified atom stereocenters. The fourth-order valence-corrected chi connectivity index (χ4v) is 2.93. The second-order valence-corrected chi connectivity index (χ2v) is 5.69. The molecule has 0 bridgehead atoms. The van der Waals surface area contributed by atoms with Gasteiger partial charge < -0.3 is 10.1 Å². The molecule has 1 aliphatic heterocycles. The summed E-state index contributed by atoms with van der Waals surface area (Å²) in [5, 5.41) is 7.59. The molecule has 19 heavy (non-hydrogen) atoms. The summed E-state index contributed by atoms with van der Waals surface area (Å²) in [7, 11) is 1.93. The molecule has 0 radical (unpaired) electrons. The summed E-state index contributed by atoms with van der Waals surface area (Å²) >= 11 is 3.56. The fraction of sp³-hybridized carbons (Fsp3) is 0.357. The van der Waals surface area contributed by atoms with E-state index in [9.17, 15) is 0 Å². The van der Waals surface area contributed by atoms with Crippen LogP contribution in [0.25, 0.3) is 0 Å². The van der Waals surface area contributed by atoms with Gasteiger partial charge in [-0.3, -0.25) is 4.68 Å². The summed E-state index contributed by atoms with van der Waals surface area (Å²) in [5.74, 6) is 1.06. The van der Waals surface area contributed by atoms with Crippen molar-refractivity contribution in [3.8, 4) is 5.75 Å². The number of hydrogen-bond acceptors (Lipinski definition) is 3. The van der Waals surface area contributed by atoms with E-state index < -0.39 is 0 Å². The highest BCUT2D eigenvalue weighted by Gasteiger charge is 2.17. The van der Waals surface area contributed by atoms with Crippen molar-refractivity contribution in [2.24, 2.45) is 7.05 Å². The quantitative estimate of drug-likeness (QED) is 0.940. The highest BCUT2D eigenvalue weighted by Crippen LogP contribution is 2.32. The highest BCUT2D eigenvalue weighted by atomic mass is 79.9. The third-order valence-electron chi connectivity index (χ3n) is 3.23. The van der Waals surface area contributed by atoms with Gasteiger partial charge in [0, 0.05) is 48.4 Å². The van der Waals surface area contributed by atoms with E-state index in [2.05, 4.69) is 38.5 Å². The molecule has 4 nitrogen and oxygen atoms in total. The number of nitrogens with zero attached hydrogens (tertiary/aromatic N) is 2. The first-order valence-corrected chi connectivity index (χ1v) is 7.14. The fourth-order valence-electron chi connectivity index (χ4n) is 2.38. The number of aromatic nitrogens is 2. The zero-order chi connectivity index (χ0) is 13.2. The van der Waals surface area contributed by atoms with Gasteiger partial charge in [-0.05, 0) is 17.7 Å². The number of halogens is 1. The Morgan fingerprint density at radius 3 is 3.11 bits per heavy atom. The van der Waals surface area contributed by atoms with Crippen molar-refractivity contribution in [2.45, 2.75) is 19.5 Å². The number of fused-ring (bicyclic) bond motifs is 1. The summed E-state index contributed by atoms with van der Waals surface area (Å²) in [6.45, 7) is 2.41. The SMILES string of the molecule is Cn1cc(CNCc2cc(Br)cc3c2OCC3)cn1. The third kappa shape index (κ3) is 2.82. The number of aryl methyl sites for hydroxylation is 1. The number of benzene rings is 1. The monoisotopic (exact) mass is 321 g/mol. The summed E-state index contributed by atoms with van der Waals surface area (Å²) < 4.78 is 8.65. The lowest BCUT2D eigenvalue weighted by Gasteiger charge is -2.09. The van der Waals surface area contributed by atoms with Gasteiger partial charge in [0.15, 0.2) is 0 Å². The molecular formula is C14H16BrN3O. The average molecular weight is 322 g/mol. The van der Waals surface area contributed by atoms with Crippen LogP contribution in [0.15, 0.2) is 29.0 Å². The van der Waals surface area contributed by atoms with Crippen molar-refractivity contribution in [3.63, 3.8) is 0 Å². The van der Waals surface area contributed by atoms with Gasteiger partial charge >= 0.3 is 0 Å². The first-order chi connectivity index (χ1) is 9.22. The lowest BCUT2D eigenvalue weighted by Crippen LogP contribution is -2.13.